The summed E-state index contributed by atoms with van der Waals surface area (Å²) in [5.41, 5.74) is 3.28. The SMILES string of the molecule is COc1ccc(N([C@H](C)C(=O)N/N=C\c2cc(OC)ccc2OC)S(C)(=O)=O)cc1. The molecule has 0 spiro atoms. The molecule has 162 valence electrons. The Bertz CT molecular complexity index is 1010. The summed E-state index contributed by atoms with van der Waals surface area (Å²) in [5, 5.41) is 3.93. The molecule has 10 heteroatoms. The number of hydrogen-bond donors (Lipinski definition) is 1. The Morgan fingerprint density at radius 1 is 1.03 bits per heavy atom. The van der Waals surface area contributed by atoms with Crippen molar-refractivity contribution in [2.45, 2.75) is 13.0 Å². The second-order valence-electron chi connectivity index (χ2n) is 6.27. The molecule has 2 rings (SSSR count). The van der Waals surface area contributed by atoms with Crippen LogP contribution in [0.1, 0.15) is 12.5 Å². The third kappa shape index (κ3) is 5.63. The van der Waals surface area contributed by atoms with E-state index >= 15 is 0 Å². The molecule has 0 aliphatic rings. The lowest BCUT2D eigenvalue weighted by atomic mass is 10.2. The lowest BCUT2D eigenvalue weighted by molar-refractivity contribution is -0.121. The van der Waals surface area contributed by atoms with E-state index in [-0.39, 0.29) is 0 Å². The zero-order valence-corrected chi connectivity index (χ0v) is 18.3. The molecule has 1 amide bonds. The average Bonchev–Trinajstić information content (AvgIpc) is 2.73. The quantitative estimate of drug-likeness (QED) is 0.477. The summed E-state index contributed by atoms with van der Waals surface area (Å²) in [6, 6.07) is 10.4. The molecule has 0 aromatic heterocycles. The van der Waals surface area contributed by atoms with Crippen molar-refractivity contribution in [3.05, 3.63) is 48.0 Å². The van der Waals surface area contributed by atoms with Crippen molar-refractivity contribution in [3.63, 3.8) is 0 Å². The Morgan fingerprint density at radius 2 is 1.63 bits per heavy atom. The van der Waals surface area contributed by atoms with Gasteiger partial charge in [0.15, 0.2) is 0 Å². The minimum atomic E-state index is -3.74. The van der Waals surface area contributed by atoms with Gasteiger partial charge in [0.05, 0.1) is 39.5 Å². The fraction of sp³-hybridized carbons (Fsp3) is 0.300. The lowest BCUT2D eigenvalue weighted by Crippen LogP contribution is -2.46. The molecule has 1 atom stereocenters. The first-order valence-corrected chi connectivity index (χ1v) is 10.7. The Morgan fingerprint density at radius 3 is 2.17 bits per heavy atom. The predicted octanol–water partition coefficient (Wildman–Crippen LogP) is 2.02. The van der Waals surface area contributed by atoms with E-state index < -0.39 is 22.0 Å². The van der Waals surface area contributed by atoms with Gasteiger partial charge in [0, 0.05) is 5.56 Å². The number of carbonyl (C=O) groups excluding carboxylic acids is 1. The van der Waals surface area contributed by atoms with E-state index in [1.54, 1.807) is 42.5 Å². The number of ether oxygens (including phenoxy) is 3. The Labute approximate surface area is 176 Å². The Kier molecular flexibility index (Phi) is 7.65. The molecule has 0 heterocycles. The van der Waals surface area contributed by atoms with Crippen LogP contribution in [0.5, 0.6) is 17.2 Å². The van der Waals surface area contributed by atoms with E-state index in [4.69, 9.17) is 14.2 Å². The highest BCUT2D eigenvalue weighted by Gasteiger charge is 2.29. The van der Waals surface area contributed by atoms with E-state index in [0.717, 1.165) is 10.6 Å². The Balaban J connectivity index is 2.20. The number of nitrogens with zero attached hydrogens (tertiary/aromatic N) is 2. The van der Waals surface area contributed by atoms with Gasteiger partial charge in [0.1, 0.15) is 23.3 Å². The lowest BCUT2D eigenvalue weighted by Gasteiger charge is -2.27. The van der Waals surface area contributed by atoms with E-state index in [9.17, 15) is 13.2 Å². The number of benzene rings is 2. The molecule has 1 N–H and O–H groups in total. The number of anilines is 1. The number of hydrazone groups is 1. The molecule has 0 aliphatic heterocycles. The summed E-state index contributed by atoms with van der Waals surface area (Å²) in [4.78, 5) is 12.6. The summed E-state index contributed by atoms with van der Waals surface area (Å²) in [5.74, 6) is 1.10. The second kappa shape index (κ2) is 9.97. The standard InChI is InChI=1S/C20H25N3O6S/c1-14(23(30(5,25)26)16-6-8-17(27-2)9-7-16)20(24)22-21-13-15-12-18(28-3)10-11-19(15)29-4/h6-14H,1-5H3,(H,22,24)/b21-13-/t14-/m1/s1. The van der Waals surface area contributed by atoms with Gasteiger partial charge in [0.2, 0.25) is 10.0 Å². The molecule has 0 saturated heterocycles. The molecule has 0 fully saturated rings. The van der Waals surface area contributed by atoms with E-state index in [0.29, 0.717) is 28.5 Å². The van der Waals surface area contributed by atoms with Gasteiger partial charge in [-0.1, -0.05) is 0 Å². The van der Waals surface area contributed by atoms with Crippen LogP contribution in [0.15, 0.2) is 47.6 Å². The maximum atomic E-state index is 12.6. The third-order valence-corrected chi connectivity index (χ3v) is 5.47. The zero-order valence-electron chi connectivity index (χ0n) is 17.4. The number of carbonyl (C=O) groups is 1. The van der Waals surface area contributed by atoms with Gasteiger partial charge >= 0.3 is 0 Å². The molecule has 0 unspecified atom stereocenters. The predicted molar refractivity (Wildman–Crippen MR) is 115 cm³/mol. The van der Waals surface area contributed by atoms with Gasteiger partial charge in [-0.05, 0) is 49.4 Å². The molecule has 0 aliphatic carbocycles. The van der Waals surface area contributed by atoms with Crippen LogP contribution in [-0.4, -0.2) is 54.2 Å². The highest BCUT2D eigenvalue weighted by atomic mass is 32.2. The molecule has 0 saturated carbocycles. The van der Waals surface area contributed by atoms with Crippen molar-refractivity contribution in [2.24, 2.45) is 5.10 Å². The van der Waals surface area contributed by atoms with Gasteiger partial charge in [-0.15, -0.1) is 0 Å². The maximum Gasteiger partial charge on any atom is 0.263 e. The van der Waals surface area contributed by atoms with Gasteiger partial charge in [0.25, 0.3) is 5.91 Å². The first-order valence-electron chi connectivity index (χ1n) is 8.89. The molecule has 9 nitrogen and oxygen atoms in total. The first kappa shape index (κ1) is 23.0. The van der Waals surface area contributed by atoms with Crippen LogP contribution >= 0.6 is 0 Å². The number of sulfonamides is 1. The summed E-state index contributed by atoms with van der Waals surface area (Å²) in [7, 11) is 0.819. The van der Waals surface area contributed by atoms with Crippen LogP contribution in [0, 0.1) is 0 Å². The van der Waals surface area contributed by atoms with Crippen molar-refractivity contribution in [2.75, 3.05) is 31.9 Å². The molecule has 2 aromatic carbocycles. The van der Waals surface area contributed by atoms with Gasteiger partial charge in [-0.2, -0.15) is 5.10 Å². The fourth-order valence-corrected chi connectivity index (χ4v) is 3.91. The molecule has 30 heavy (non-hydrogen) atoms. The van der Waals surface area contributed by atoms with Crippen molar-refractivity contribution < 1.29 is 27.4 Å². The summed E-state index contributed by atoms with van der Waals surface area (Å²) in [6.07, 6.45) is 2.43. The van der Waals surface area contributed by atoms with E-state index in [1.807, 2.05) is 0 Å². The molecule has 0 bridgehead atoms. The molecule has 2 aromatic rings. The van der Waals surface area contributed by atoms with Crippen LogP contribution < -0.4 is 23.9 Å². The smallest absolute Gasteiger partial charge is 0.263 e. The van der Waals surface area contributed by atoms with Crippen LogP contribution in [0.3, 0.4) is 0 Å². The van der Waals surface area contributed by atoms with Crippen LogP contribution in [0.25, 0.3) is 0 Å². The van der Waals surface area contributed by atoms with Gasteiger partial charge in [-0.25, -0.2) is 13.8 Å². The third-order valence-electron chi connectivity index (χ3n) is 4.23. The van der Waals surface area contributed by atoms with Crippen LogP contribution in [-0.2, 0) is 14.8 Å². The first-order chi connectivity index (χ1) is 14.2. The number of nitrogens with one attached hydrogen (secondary N) is 1. The maximum absolute atomic E-state index is 12.6. The number of hydrogen-bond acceptors (Lipinski definition) is 7. The fourth-order valence-electron chi connectivity index (χ4n) is 2.74. The summed E-state index contributed by atoms with van der Waals surface area (Å²) >= 11 is 0. The highest BCUT2D eigenvalue weighted by Crippen LogP contribution is 2.24. The van der Waals surface area contributed by atoms with Crippen molar-refractivity contribution in [1.82, 2.24) is 5.43 Å². The van der Waals surface area contributed by atoms with E-state index in [1.165, 1.54) is 34.5 Å². The zero-order chi connectivity index (χ0) is 22.3. The molecular weight excluding hydrogens is 410 g/mol. The van der Waals surface area contributed by atoms with Crippen molar-refractivity contribution in [3.8, 4) is 17.2 Å². The minimum Gasteiger partial charge on any atom is -0.497 e. The largest absolute Gasteiger partial charge is 0.497 e. The van der Waals surface area contributed by atoms with Gasteiger partial charge < -0.3 is 14.2 Å². The van der Waals surface area contributed by atoms with Crippen molar-refractivity contribution in [1.29, 1.82) is 0 Å². The number of rotatable bonds is 9. The van der Waals surface area contributed by atoms with E-state index in [2.05, 4.69) is 10.5 Å². The minimum absolute atomic E-state index is 0.333. The van der Waals surface area contributed by atoms with Crippen LogP contribution in [0.2, 0.25) is 0 Å². The van der Waals surface area contributed by atoms with Crippen LogP contribution in [0.4, 0.5) is 5.69 Å². The second-order valence-corrected chi connectivity index (χ2v) is 8.13. The average molecular weight is 436 g/mol. The van der Waals surface area contributed by atoms with Gasteiger partial charge in [-0.3, -0.25) is 9.10 Å². The molecule has 0 radical (unpaired) electrons. The molecular formula is C20H25N3O6S. The number of amides is 1. The number of methoxy groups -OCH3 is 3. The summed E-state index contributed by atoms with van der Waals surface area (Å²) in [6.45, 7) is 1.47. The van der Waals surface area contributed by atoms with Crippen molar-refractivity contribution >= 4 is 27.8 Å². The summed E-state index contributed by atoms with van der Waals surface area (Å²) < 4.78 is 41.2. The topological polar surface area (TPSA) is 107 Å². The highest BCUT2D eigenvalue weighted by molar-refractivity contribution is 7.92. The Hall–Kier alpha value is -3.27. The normalized spacial score (nSPS) is 12.3. The monoisotopic (exact) mass is 435 g/mol.